The Kier molecular flexibility index (Phi) is 5.46. The number of likely N-dealkylation sites (tertiary alicyclic amines) is 1. The van der Waals surface area contributed by atoms with Crippen molar-refractivity contribution in [3.8, 4) is 0 Å². The second-order valence-electron chi connectivity index (χ2n) is 6.39. The molecular formula is C15H31N3. The molecule has 2 rings (SSSR count). The lowest BCUT2D eigenvalue weighted by atomic mass is 10.1. The van der Waals surface area contributed by atoms with E-state index in [0.717, 1.165) is 5.92 Å². The summed E-state index contributed by atoms with van der Waals surface area (Å²) in [5, 5.41) is 3.68. The van der Waals surface area contributed by atoms with Crippen LogP contribution in [0.1, 0.15) is 40.0 Å². The third kappa shape index (κ3) is 4.22. The Morgan fingerprint density at radius 1 is 0.944 bits per heavy atom. The van der Waals surface area contributed by atoms with Gasteiger partial charge in [-0.3, -0.25) is 0 Å². The first kappa shape index (κ1) is 14.3. The molecule has 3 heteroatoms. The Balaban J connectivity index is 1.77. The van der Waals surface area contributed by atoms with Crippen LogP contribution in [0.4, 0.5) is 0 Å². The number of hydrogen-bond acceptors (Lipinski definition) is 3. The van der Waals surface area contributed by atoms with Gasteiger partial charge in [0.2, 0.25) is 0 Å². The van der Waals surface area contributed by atoms with Gasteiger partial charge in [0, 0.05) is 25.2 Å². The van der Waals surface area contributed by atoms with Crippen LogP contribution in [0.5, 0.6) is 0 Å². The smallest absolute Gasteiger partial charge is 0.00533 e. The van der Waals surface area contributed by atoms with Crippen LogP contribution in [0.15, 0.2) is 0 Å². The minimum atomic E-state index is 0.679. The highest BCUT2D eigenvalue weighted by Gasteiger charge is 2.24. The van der Waals surface area contributed by atoms with Crippen LogP contribution in [0.3, 0.4) is 0 Å². The number of nitrogens with zero attached hydrogens (tertiary/aromatic N) is 2. The second-order valence-corrected chi connectivity index (χ2v) is 6.39. The Hall–Kier alpha value is -0.120. The molecule has 2 saturated heterocycles. The Labute approximate surface area is 113 Å². The fourth-order valence-corrected chi connectivity index (χ4v) is 3.41. The summed E-state index contributed by atoms with van der Waals surface area (Å²) in [5.41, 5.74) is 0. The predicted molar refractivity (Wildman–Crippen MR) is 78.0 cm³/mol. The normalized spacial score (nSPS) is 36.5. The molecule has 0 aromatic heterocycles. The molecule has 2 fully saturated rings. The van der Waals surface area contributed by atoms with Crippen LogP contribution in [-0.2, 0) is 0 Å². The summed E-state index contributed by atoms with van der Waals surface area (Å²) in [5.74, 6) is 0.919. The molecule has 0 spiro atoms. The maximum Gasteiger partial charge on any atom is 0.00533 e. The molecule has 0 aliphatic carbocycles. The summed E-state index contributed by atoms with van der Waals surface area (Å²) in [6.07, 6.45) is 4.01. The lowest BCUT2D eigenvalue weighted by Crippen LogP contribution is -2.44. The van der Waals surface area contributed by atoms with E-state index in [0.29, 0.717) is 12.1 Å². The van der Waals surface area contributed by atoms with E-state index in [4.69, 9.17) is 0 Å². The van der Waals surface area contributed by atoms with E-state index < -0.39 is 0 Å². The molecule has 0 amide bonds. The maximum atomic E-state index is 3.68. The van der Waals surface area contributed by atoms with Crippen LogP contribution >= 0.6 is 0 Å². The zero-order chi connectivity index (χ0) is 13.0. The van der Waals surface area contributed by atoms with Crippen molar-refractivity contribution in [2.75, 3.05) is 39.3 Å². The standard InChI is InChI=1S/C15H31N3/c1-4-17-10-7-15(11-17)12-18-8-5-13(2)16-14(3)6-9-18/h13-16H,4-12H2,1-3H3. The molecule has 2 aliphatic heterocycles. The summed E-state index contributed by atoms with van der Waals surface area (Å²) in [6.45, 7) is 14.7. The van der Waals surface area contributed by atoms with Crippen LogP contribution in [0.2, 0.25) is 0 Å². The Morgan fingerprint density at radius 3 is 2.11 bits per heavy atom. The minimum Gasteiger partial charge on any atom is -0.312 e. The molecule has 0 aromatic rings. The number of rotatable bonds is 3. The van der Waals surface area contributed by atoms with Gasteiger partial charge in [0.1, 0.15) is 0 Å². The molecule has 1 N–H and O–H groups in total. The summed E-state index contributed by atoms with van der Waals surface area (Å²) < 4.78 is 0. The molecular weight excluding hydrogens is 222 g/mol. The molecule has 18 heavy (non-hydrogen) atoms. The SMILES string of the molecule is CCN1CCC(CN2CCC(C)NC(C)CC2)C1. The van der Waals surface area contributed by atoms with Gasteiger partial charge in [0.05, 0.1) is 0 Å². The van der Waals surface area contributed by atoms with E-state index >= 15 is 0 Å². The van der Waals surface area contributed by atoms with E-state index in [1.165, 1.54) is 58.5 Å². The van der Waals surface area contributed by atoms with E-state index in [1.807, 2.05) is 0 Å². The van der Waals surface area contributed by atoms with Gasteiger partial charge in [-0.2, -0.15) is 0 Å². The molecule has 0 saturated carbocycles. The van der Waals surface area contributed by atoms with Crippen LogP contribution in [-0.4, -0.2) is 61.2 Å². The van der Waals surface area contributed by atoms with Crippen molar-refractivity contribution in [3.05, 3.63) is 0 Å². The number of nitrogens with one attached hydrogen (secondary N) is 1. The van der Waals surface area contributed by atoms with Crippen molar-refractivity contribution in [3.63, 3.8) is 0 Å². The summed E-state index contributed by atoms with van der Waals surface area (Å²) in [7, 11) is 0. The van der Waals surface area contributed by atoms with E-state index in [2.05, 4.69) is 35.9 Å². The van der Waals surface area contributed by atoms with E-state index in [9.17, 15) is 0 Å². The fourth-order valence-electron chi connectivity index (χ4n) is 3.41. The van der Waals surface area contributed by atoms with Gasteiger partial charge in [-0.1, -0.05) is 6.92 Å². The zero-order valence-corrected chi connectivity index (χ0v) is 12.5. The highest BCUT2D eigenvalue weighted by molar-refractivity contribution is 4.80. The monoisotopic (exact) mass is 253 g/mol. The minimum absolute atomic E-state index is 0.679. The second kappa shape index (κ2) is 6.88. The van der Waals surface area contributed by atoms with Gasteiger partial charge in [-0.25, -0.2) is 0 Å². The molecule has 2 aliphatic rings. The average molecular weight is 253 g/mol. The van der Waals surface area contributed by atoms with Crippen molar-refractivity contribution < 1.29 is 0 Å². The third-order valence-electron chi connectivity index (χ3n) is 4.66. The third-order valence-corrected chi connectivity index (χ3v) is 4.66. The Morgan fingerprint density at radius 2 is 1.56 bits per heavy atom. The van der Waals surface area contributed by atoms with E-state index in [-0.39, 0.29) is 0 Å². The first-order valence-corrected chi connectivity index (χ1v) is 7.88. The summed E-state index contributed by atoms with van der Waals surface area (Å²) in [4.78, 5) is 5.32. The van der Waals surface area contributed by atoms with Gasteiger partial charge in [-0.15, -0.1) is 0 Å². The summed E-state index contributed by atoms with van der Waals surface area (Å²) >= 11 is 0. The van der Waals surface area contributed by atoms with Gasteiger partial charge in [-0.05, 0) is 65.2 Å². The largest absolute Gasteiger partial charge is 0.312 e. The molecule has 3 atom stereocenters. The molecule has 106 valence electrons. The maximum absolute atomic E-state index is 3.68. The highest BCUT2D eigenvalue weighted by atomic mass is 15.2. The molecule has 0 aromatic carbocycles. The van der Waals surface area contributed by atoms with Crippen LogP contribution in [0, 0.1) is 5.92 Å². The topological polar surface area (TPSA) is 18.5 Å². The lowest BCUT2D eigenvalue weighted by Gasteiger charge is -2.32. The fraction of sp³-hybridized carbons (Fsp3) is 1.00. The first-order chi connectivity index (χ1) is 8.67. The Bertz CT molecular complexity index is 232. The van der Waals surface area contributed by atoms with E-state index in [1.54, 1.807) is 0 Å². The first-order valence-electron chi connectivity index (χ1n) is 7.88. The van der Waals surface area contributed by atoms with Gasteiger partial charge >= 0.3 is 0 Å². The van der Waals surface area contributed by atoms with Crippen molar-refractivity contribution in [1.29, 1.82) is 0 Å². The van der Waals surface area contributed by atoms with Gasteiger partial charge in [0.15, 0.2) is 0 Å². The molecule has 2 heterocycles. The summed E-state index contributed by atoms with van der Waals surface area (Å²) in [6, 6.07) is 1.36. The highest BCUT2D eigenvalue weighted by Crippen LogP contribution is 2.18. The van der Waals surface area contributed by atoms with Crippen LogP contribution < -0.4 is 5.32 Å². The van der Waals surface area contributed by atoms with Gasteiger partial charge < -0.3 is 15.1 Å². The van der Waals surface area contributed by atoms with Crippen molar-refractivity contribution in [2.24, 2.45) is 5.92 Å². The number of hydrogen-bond donors (Lipinski definition) is 1. The molecule has 3 nitrogen and oxygen atoms in total. The van der Waals surface area contributed by atoms with Crippen molar-refractivity contribution in [2.45, 2.75) is 52.1 Å². The molecule has 0 radical (unpaired) electrons. The van der Waals surface area contributed by atoms with Crippen molar-refractivity contribution >= 4 is 0 Å². The lowest BCUT2D eigenvalue weighted by molar-refractivity contribution is 0.190. The van der Waals surface area contributed by atoms with Crippen molar-refractivity contribution in [1.82, 2.24) is 15.1 Å². The quantitative estimate of drug-likeness (QED) is 0.827. The average Bonchev–Trinajstić information content (AvgIpc) is 2.78. The van der Waals surface area contributed by atoms with Gasteiger partial charge in [0.25, 0.3) is 0 Å². The zero-order valence-electron chi connectivity index (χ0n) is 12.5. The molecule has 0 bridgehead atoms. The predicted octanol–water partition coefficient (Wildman–Crippen LogP) is 1.79. The van der Waals surface area contributed by atoms with Crippen LogP contribution in [0.25, 0.3) is 0 Å². The molecule has 3 unspecified atom stereocenters.